The van der Waals surface area contributed by atoms with Crippen LogP contribution in [0.2, 0.25) is 0 Å². The lowest BCUT2D eigenvalue weighted by atomic mass is 9.94. The first-order valence-electron chi connectivity index (χ1n) is 11.0. The standard InChI is InChI=1S/C23H33N3O3S/c1-16(2)17(3)24-23(29)18-10-12-25(13-11-18)21(27)8-9-22(28)26-14-15-30-20-7-5-4-6-19(20)26/h4-7,16-18H,8-15H2,1-3H3,(H,24,29). The summed E-state index contributed by atoms with van der Waals surface area (Å²) in [6.07, 6.45) is 1.83. The molecule has 0 saturated carbocycles. The fourth-order valence-corrected chi connectivity index (χ4v) is 4.83. The van der Waals surface area contributed by atoms with E-state index in [9.17, 15) is 14.4 Å². The number of nitrogens with zero attached hydrogens (tertiary/aromatic N) is 2. The van der Waals surface area contributed by atoms with E-state index < -0.39 is 0 Å². The summed E-state index contributed by atoms with van der Waals surface area (Å²) < 4.78 is 0. The van der Waals surface area contributed by atoms with E-state index in [0.717, 1.165) is 16.3 Å². The molecule has 30 heavy (non-hydrogen) atoms. The molecule has 2 aliphatic rings. The van der Waals surface area contributed by atoms with Gasteiger partial charge in [0.05, 0.1) is 5.69 Å². The highest BCUT2D eigenvalue weighted by molar-refractivity contribution is 7.99. The molecule has 3 rings (SSSR count). The van der Waals surface area contributed by atoms with E-state index in [1.165, 1.54) is 0 Å². The maximum Gasteiger partial charge on any atom is 0.227 e. The van der Waals surface area contributed by atoms with E-state index in [0.29, 0.717) is 38.4 Å². The number of nitrogens with one attached hydrogen (secondary N) is 1. The van der Waals surface area contributed by atoms with Crippen LogP contribution in [0, 0.1) is 11.8 Å². The van der Waals surface area contributed by atoms with Gasteiger partial charge in [-0.15, -0.1) is 11.8 Å². The maximum absolute atomic E-state index is 12.7. The number of amides is 3. The maximum atomic E-state index is 12.7. The number of hydrogen-bond donors (Lipinski definition) is 1. The number of likely N-dealkylation sites (tertiary alicyclic amines) is 1. The van der Waals surface area contributed by atoms with Gasteiger partial charge in [-0.05, 0) is 37.8 Å². The highest BCUT2D eigenvalue weighted by Gasteiger charge is 2.29. The van der Waals surface area contributed by atoms with Crippen molar-refractivity contribution in [1.82, 2.24) is 10.2 Å². The summed E-state index contributed by atoms with van der Waals surface area (Å²) in [5, 5.41) is 3.08. The van der Waals surface area contributed by atoms with Crippen LogP contribution in [0.25, 0.3) is 0 Å². The fourth-order valence-electron chi connectivity index (χ4n) is 3.84. The molecule has 1 unspecified atom stereocenters. The normalized spacial score (nSPS) is 18.1. The van der Waals surface area contributed by atoms with Crippen LogP contribution in [-0.2, 0) is 14.4 Å². The van der Waals surface area contributed by atoms with Crippen LogP contribution in [-0.4, -0.2) is 54.1 Å². The van der Waals surface area contributed by atoms with Gasteiger partial charge in [0.2, 0.25) is 17.7 Å². The second-order valence-electron chi connectivity index (χ2n) is 8.56. The summed E-state index contributed by atoms with van der Waals surface area (Å²) in [5.74, 6) is 1.37. The largest absolute Gasteiger partial charge is 0.353 e. The van der Waals surface area contributed by atoms with Crippen molar-refractivity contribution >= 4 is 35.2 Å². The van der Waals surface area contributed by atoms with Gasteiger partial charge in [0, 0.05) is 55.1 Å². The topological polar surface area (TPSA) is 69.7 Å². The molecule has 3 amide bonds. The molecule has 0 aromatic heterocycles. The van der Waals surface area contributed by atoms with Crippen molar-refractivity contribution in [1.29, 1.82) is 0 Å². The van der Waals surface area contributed by atoms with Gasteiger partial charge in [-0.2, -0.15) is 0 Å². The van der Waals surface area contributed by atoms with Gasteiger partial charge < -0.3 is 15.1 Å². The van der Waals surface area contributed by atoms with Crippen molar-refractivity contribution in [3.63, 3.8) is 0 Å². The van der Waals surface area contributed by atoms with Gasteiger partial charge >= 0.3 is 0 Å². The SMILES string of the molecule is CC(C)C(C)NC(=O)C1CCN(C(=O)CCC(=O)N2CCSc3ccccc32)CC1. The minimum Gasteiger partial charge on any atom is -0.353 e. The zero-order valence-corrected chi connectivity index (χ0v) is 19.0. The number of rotatable bonds is 6. The summed E-state index contributed by atoms with van der Waals surface area (Å²) in [6, 6.07) is 8.08. The Hall–Kier alpha value is -2.02. The van der Waals surface area contributed by atoms with E-state index >= 15 is 0 Å². The molecular formula is C23H33N3O3S. The van der Waals surface area contributed by atoms with E-state index in [2.05, 4.69) is 19.2 Å². The third kappa shape index (κ3) is 5.56. The van der Waals surface area contributed by atoms with E-state index in [1.54, 1.807) is 11.8 Å². The monoisotopic (exact) mass is 431 g/mol. The molecule has 1 atom stereocenters. The number of para-hydroxylation sites is 1. The Morgan fingerprint density at radius 2 is 1.70 bits per heavy atom. The number of thioether (sulfide) groups is 1. The molecule has 1 N–H and O–H groups in total. The first-order valence-corrected chi connectivity index (χ1v) is 12.0. The number of anilines is 1. The first kappa shape index (κ1) is 22.7. The summed E-state index contributed by atoms with van der Waals surface area (Å²) in [7, 11) is 0. The van der Waals surface area contributed by atoms with Crippen LogP contribution >= 0.6 is 11.8 Å². The Bertz CT molecular complexity index is 775. The molecule has 0 aliphatic carbocycles. The average molecular weight is 432 g/mol. The predicted molar refractivity (Wildman–Crippen MR) is 120 cm³/mol. The average Bonchev–Trinajstić information content (AvgIpc) is 2.76. The molecule has 1 saturated heterocycles. The Balaban J connectivity index is 1.44. The number of carbonyl (C=O) groups excluding carboxylic acids is 3. The van der Waals surface area contributed by atoms with Crippen LogP contribution < -0.4 is 10.2 Å². The van der Waals surface area contributed by atoms with Gasteiger partial charge in [0.1, 0.15) is 0 Å². The van der Waals surface area contributed by atoms with Crippen LogP contribution in [0.4, 0.5) is 5.69 Å². The smallest absolute Gasteiger partial charge is 0.227 e. The van der Waals surface area contributed by atoms with Crippen molar-refractivity contribution in [3.05, 3.63) is 24.3 Å². The molecule has 2 aliphatic heterocycles. The van der Waals surface area contributed by atoms with Gasteiger partial charge in [0.15, 0.2) is 0 Å². The molecule has 1 fully saturated rings. The van der Waals surface area contributed by atoms with Crippen molar-refractivity contribution < 1.29 is 14.4 Å². The number of carbonyl (C=O) groups is 3. The number of benzene rings is 1. The first-order chi connectivity index (χ1) is 14.4. The minimum absolute atomic E-state index is 0.00744. The summed E-state index contributed by atoms with van der Waals surface area (Å²) >= 11 is 1.76. The third-order valence-electron chi connectivity index (χ3n) is 6.17. The van der Waals surface area contributed by atoms with Crippen LogP contribution in [0.1, 0.15) is 46.5 Å². The molecule has 6 nitrogen and oxygen atoms in total. The van der Waals surface area contributed by atoms with Crippen LogP contribution in [0.15, 0.2) is 29.2 Å². The van der Waals surface area contributed by atoms with Gasteiger partial charge in [-0.25, -0.2) is 0 Å². The van der Waals surface area contributed by atoms with Gasteiger partial charge in [0.25, 0.3) is 0 Å². The van der Waals surface area contributed by atoms with Crippen LogP contribution in [0.5, 0.6) is 0 Å². The van der Waals surface area contributed by atoms with Crippen molar-refractivity contribution in [2.45, 2.75) is 57.4 Å². The van der Waals surface area contributed by atoms with E-state index in [1.807, 2.05) is 41.0 Å². The molecular weight excluding hydrogens is 398 g/mol. The predicted octanol–water partition coefficient (Wildman–Crippen LogP) is 3.30. The summed E-state index contributed by atoms with van der Waals surface area (Å²) in [4.78, 5) is 42.5. The molecule has 0 spiro atoms. The lowest BCUT2D eigenvalue weighted by Crippen LogP contribution is -2.46. The highest BCUT2D eigenvalue weighted by atomic mass is 32.2. The second-order valence-corrected chi connectivity index (χ2v) is 9.69. The quantitative estimate of drug-likeness (QED) is 0.750. The van der Waals surface area contributed by atoms with Crippen molar-refractivity contribution in [3.8, 4) is 0 Å². The second kappa shape index (κ2) is 10.3. The Labute approximate surface area is 183 Å². The fraction of sp³-hybridized carbons (Fsp3) is 0.609. The molecule has 1 aromatic rings. The van der Waals surface area contributed by atoms with Crippen molar-refractivity contribution in [2.75, 3.05) is 30.3 Å². The molecule has 164 valence electrons. The molecule has 7 heteroatoms. The molecule has 2 heterocycles. The van der Waals surface area contributed by atoms with Gasteiger partial charge in [-0.3, -0.25) is 14.4 Å². The van der Waals surface area contributed by atoms with Crippen LogP contribution in [0.3, 0.4) is 0 Å². The van der Waals surface area contributed by atoms with Crippen molar-refractivity contribution in [2.24, 2.45) is 11.8 Å². The van der Waals surface area contributed by atoms with Gasteiger partial charge in [-0.1, -0.05) is 26.0 Å². The third-order valence-corrected chi connectivity index (χ3v) is 7.21. The summed E-state index contributed by atoms with van der Waals surface area (Å²) in [6.45, 7) is 8.07. The summed E-state index contributed by atoms with van der Waals surface area (Å²) in [5.41, 5.74) is 0.952. The lowest BCUT2D eigenvalue weighted by molar-refractivity contribution is -0.136. The molecule has 0 radical (unpaired) electrons. The highest BCUT2D eigenvalue weighted by Crippen LogP contribution is 2.34. The number of piperidine rings is 1. The molecule has 1 aromatic carbocycles. The Morgan fingerprint density at radius 3 is 2.40 bits per heavy atom. The zero-order chi connectivity index (χ0) is 21.7. The minimum atomic E-state index is -0.0285. The lowest BCUT2D eigenvalue weighted by Gasteiger charge is -2.33. The molecule has 0 bridgehead atoms. The number of hydrogen-bond acceptors (Lipinski definition) is 4. The zero-order valence-electron chi connectivity index (χ0n) is 18.2. The Morgan fingerprint density at radius 1 is 1.03 bits per heavy atom. The number of fused-ring (bicyclic) bond motifs is 1. The van der Waals surface area contributed by atoms with E-state index in [-0.39, 0.29) is 42.5 Å². The van der Waals surface area contributed by atoms with E-state index in [4.69, 9.17) is 0 Å². The Kier molecular flexibility index (Phi) is 7.81.